The summed E-state index contributed by atoms with van der Waals surface area (Å²) >= 11 is 3.38. The monoisotopic (exact) mass is 311 g/mol. The Morgan fingerprint density at radius 1 is 1.56 bits per heavy atom. The summed E-state index contributed by atoms with van der Waals surface area (Å²) < 4.78 is 6.27. The van der Waals surface area contributed by atoms with Gasteiger partial charge in [-0.05, 0) is 29.0 Å². The molecule has 96 valence electrons. The molecule has 0 fully saturated rings. The van der Waals surface area contributed by atoms with Crippen molar-refractivity contribution >= 4 is 21.8 Å². The van der Waals surface area contributed by atoms with E-state index in [9.17, 15) is 4.79 Å². The van der Waals surface area contributed by atoms with Crippen molar-refractivity contribution in [3.05, 3.63) is 28.2 Å². The summed E-state index contributed by atoms with van der Waals surface area (Å²) in [6, 6.07) is 7.50. The molecule has 0 bridgehead atoms. The second-order valence-electron chi connectivity index (χ2n) is 3.48. The van der Waals surface area contributed by atoms with E-state index in [0.717, 1.165) is 10.0 Å². The van der Waals surface area contributed by atoms with Crippen molar-refractivity contribution in [1.82, 2.24) is 10.6 Å². The zero-order valence-corrected chi connectivity index (χ0v) is 11.6. The second kappa shape index (κ2) is 7.69. The highest BCUT2D eigenvalue weighted by molar-refractivity contribution is 9.10. The van der Waals surface area contributed by atoms with Crippen molar-refractivity contribution in [3.8, 4) is 11.8 Å². The number of ether oxygens (including phenoxy) is 1. The molecule has 1 aromatic rings. The number of amides is 1. The average Bonchev–Trinajstić information content (AvgIpc) is 2.36. The SMILES string of the molecule is CNCc1cccc(Br)c1OCC(=O)NCC#N. The summed E-state index contributed by atoms with van der Waals surface area (Å²) in [4.78, 5) is 11.3. The molecule has 0 atom stereocenters. The molecule has 6 heteroatoms. The number of rotatable bonds is 6. The summed E-state index contributed by atoms with van der Waals surface area (Å²) in [6.07, 6.45) is 0. The summed E-state index contributed by atoms with van der Waals surface area (Å²) in [5.74, 6) is 0.321. The summed E-state index contributed by atoms with van der Waals surface area (Å²) in [5.41, 5.74) is 0.958. The Labute approximate surface area is 114 Å². The lowest BCUT2D eigenvalue weighted by molar-refractivity contribution is -0.122. The van der Waals surface area contributed by atoms with E-state index >= 15 is 0 Å². The molecule has 1 amide bonds. The number of nitrogens with one attached hydrogen (secondary N) is 2. The predicted octanol–water partition coefficient (Wildman–Crippen LogP) is 1.19. The molecule has 0 saturated heterocycles. The molecule has 1 aromatic carbocycles. The van der Waals surface area contributed by atoms with Gasteiger partial charge in [0.05, 0.1) is 10.5 Å². The summed E-state index contributed by atoms with van der Waals surface area (Å²) in [7, 11) is 1.84. The highest BCUT2D eigenvalue weighted by atomic mass is 79.9. The Balaban J connectivity index is 2.66. The van der Waals surface area contributed by atoms with Crippen molar-refractivity contribution in [2.45, 2.75) is 6.54 Å². The third-order valence-corrected chi connectivity index (χ3v) is 2.75. The van der Waals surface area contributed by atoms with Crippen LogP contribution in [0, 0.1) is 11.3 Å². The van der Waals surface area contributed by atoms with Gasteiger partial charge in [0, 0.05) is 12.1 Å². The van der Waals surface area contributed by atoms with E-state index in [0.29, 0.717) is 12.3 Å². The number of hydrogen-bond donors (Lipinski definition) is 2. The van der Waals surface area contributed by atoms with Gasteiger partial charge in [-0.15, -0.1) is 0 Å². The zero-order valence-electron chi connectivity index (χ0n) is 10.00. The van der Waals surface area contributed by atoms with E-state index in [2.05, 4.69) is 26.6 Å². The van der Waals surface area contributed by atoms with Crippen molar-refractivity contribution in [2.24, 2.45) is 0 Å². The van der Waals surface area contributed by atoms with Crippen molar-refractivity contribution in [2.75, 3.05) is 20.2 Å². The van der Waals surface area contributed by atoms with E-state index in [1.54, 1.807) is 0 Å². The fourth-order valence-corrected chi connectivity index (χ4v) is 1.89. The van der Waals surface area contributed by atoms with E-state index in [4.69, 9.17) is 10.00 Å². The van der Waals surface area contributed by atoms with Crippen LogP contribution in [0.15, 0.2) is 22.7 Å². The van der Waals surface area contributed by atoms with Gasteiger partial charge >= 0.3 is 0 Å². The number of nitriles is 1. The van der Waals surface area contributed by atoms with Crippen LogP contribution in [0.2, 0.25) is 0 Å². The molecule has 18 heavy (non-hydrogen) atoms. The van der Waals surface area contributed by atoms with Gasteiger partial charge in [0.25, 0.3) is 5.91 Å². The topological polar surface area (TPSA) is 74.2 Å². The maximum atomic E-state index is 11.3. The quantitative estimate of drug-likeness (QED) is 0.774. The Morgan fingerprint density at radius 2 is 2.33 bits per heavy atom. The molecule has 0 saturated carbocycles. The van der Waals surface area contributed by atoms with Gasteiger partial charge in [0.2, 0.25) is 0 Å². The molecular weight excluding hydrogens is 298 g/mol. The van der Waals surface area contributed by atoms with Crippen LogP contribution in [0.5, 0.6) is 5.75 Å². The first-order valence-corrected chi connectivity index (χ1v) is 6.16. The highest BCUT2D eigenvalue weighted by Crippen LogP contribution is 2.28. The number of carbonyl (C=O) groups excluding carboxylic acids is 1. The van der Waals surface area contributed by atoms with Gasteiger partial charge in [0.1, 0.15) is 12.3 Å². The number of para-hydroxylation sites is 1. The molecular formula is C12H14BrN3O2. The smallest absolute Gasteiger partial charge is 0.258 e. The van der Waals surface area contributed by atoms with Crippen LogP contribution in [0.3, 0.4) is 0 Å². The lowest BCUT2D eigenvalue weighted by atomic mass is 10.2. The normalized spacial score (nSPS) is 9.61. The van der Waals surface area contributed by atoms with Crippen molar-refractivity contribution in [1.29, 1.82) is 5.26 Å². The lowest BCUT2D eigenvalue weighted by Crippen LogP contribution is -2.29. The largest absolute Gasteiger partial charge is 0.482 e. The molecule has 0 unspecified atom stereocenters. The molecule has 0 radical (unpaired) electrons. The minimum atomic E-state index is -0.317. The van der Waals surface area contributed by atoms with Gasteiger partial charge in [-0.3, -0.25) is 4.79 Å². The fraction of sp³-hybridized carbons (Fsp3) is 0.333. The molecule has 0 aliphatic rings. The van der Waals surface area contributed by atoms with Crippen LogP contribution in [0.1, 0.15) is 5.56 Å². The Hall–Kier alpha value is -1.58. The summed E-state index contributed by atoms with van der Waals surface area (Å²) in [6.45, 7) is 0.525. The van der Waals surface area contributed by atoms with Crippen LogP contribution in [-0.2, 0) is 11.3 Å². The summed E-state index contributed by atoms with van der Waals surface area (Å²) in [5, 5.41) is 13.8. The van der Waals surface area contributed by atoms with E-state index in [1.165, 1.54) is 0 Å². The molecule has 1 rings (SSSR count). The number of carbonyl (C=O) groups is 1. The average molecular weight is 312 g/mol. The molecule has 0 heterocycles. The molecule has 0 aromatic heterocycles. The van der Waals surface area contributed by atoms with Crippen molar-refractivity contribution in [3.63, 3.8) is 0 Å². The maximum Gasteiger partial charge on any atom is 0.258 e. The second-order valence-corrected chi connectivity index (χ2v) is 4.34. The minimum absolute atomic E-state index is 0.0124. The molecule has 2 N–H and O–H groups in total. The molecule has 0 spiro atoms. The van der Waals surface area contributed by atoms with E-state index < -0.39 is 0 Å². The molecule has 0 aliphatic carbocycles. The van der Waals surface area contributed by atoms with Crippen LogP contribution < -0.4 is 15.4 Å². The number of nitrogens with zero attached hydrogens (tertiary/aromatic N) is 1. The number of halogens is 1. The maximum absolute atomic E-state index is 11.3. The minimum Gasteiger partial charge on any atom is -0.482 e. The third-order valence-electron chi connectivity index (χ3n) is 2.13. The van der Waals surface area contributed by atoms with E-state index in [-0.39, 0.29) is 19.1 Å². The van der Waals surface area contributed by atoms with Gasteiger partial charge in [-0.2, -0.15) is 5.26 Å². The lowest BCUT2D eigenvalue weighted by Gasteiger charge is -2.12. The van der Waals surface area contributed by atoms with Crippen LogP contribution in [-0.4, -0.2) is 26.1 Å². The van der Waals surface area contributed by atoms with Crippen LogP contribution >= 0.6 is 15.9 Å². The van der Waals surface area contributed by atoms with Gasteiger partial charge in [-0.25, -0.2) is 0 Å². The Bertz CT molecular complexity index is 457. The Morgan fingerprint density at radius 3 is 3.00 bits per heavy atom. The first kappa shape index (κ1) is 14.5. The highest BCUT2D eigenvalue weighted by Gasteiger charge is 2.09. The van der Waals surface area contributed by atoms with Crippen LogP contribution in [0.4, 0.5) is 0 Å². The Kier molecular flexibility index (Phi) is 6.19. The standard InChI is InChI=1S/C12H14BrN3O2/c1-15-7-9-3-2-4-10(13)12(9)18-8-11(17)16-6-5-14/h2-4,15H,6-8H2,1H3,(H,16,17). The van der Waals surface area contributed by atoms with Crippen LogP contribution in [0.25, 0.3) is 0 Å². The van der Waals surface area contributed by atoms with Gasteiger partial charge in [-0.1, -0.05) is 12.1 Å². The fourth-order valence-electron chi connectivity index (χ4n) is 1.37. The zero-order chi connectivity index (χ0) is 13.4. The number of benzene rings is 1. The van der Waals surface area contributed by atoms with Gasteiger partial charge < -0.3 is 15.4 Å². The third kappa shape index (κ3) is 4.35. The van der Waals surface area contributed by atoms with Crippen molar-refractivity contribution < 1.29 is 9.53 Å². The number of hydrogen-bond acceptors (Lipinski definition) is 4. The predicted molar refractivity (Wildman–Crippen MR) is 71.0 cm³/mol. The van der Waals surface area contributed by atoms with Gasteiger partial charge in [0.15, 0.2) is 6.61 Å². The molecule has 5 nitrogen and oxygen atoms in total. The first-order chi connectivity index (χ1) is 8.69. The van der Waals surface area contributed by atoms with E-state index in [1.807, 2.05) is 31.3 Å². The first-order valence-electron chi connectivity index (χ1n) is 5.37. The molecule has 0 aliphatic heterocycles.